The topological polar surface area (TPSA) is 98.7 Å². The minimum atomic E-state index is -1.15. The molecule has 7 heteroatoms. The maximum atomic E-state index is 12.2. The lowest BCUT2D eigenvalue weighted by Crippen LogP contribution is -2.62. The fourth-order valence-corrected chi connectivity index (χ4v) is 2.82. The number of carbonyl (C=O) groups is 3. The minimum absolute atomic E-state index is 0.108. The third-order valence-corrected chi connectivity index (χ3v) is 4.36. The minimum Gasteiger partial charge on any atom is -0.480 e. The molecule has 0 bridgehead atoms. The first-order valence-electron chi connectivity index (χ1n) is 7.55. The van der Waals surface area contributed by atoms with Crippen LogP contribution in [0, 0.1) is 0 Å². The Morgan fingerprint density at radius 3 is 2.19 bits per heavy atom. The lowest BCUT2D eigenvalue weighted by atomic mass is 9.77. The molecule has 1 aliphatic heterocycles. The van der Waals surface area contributed by atoms with E-state index in [2.05, 4.69) is 10.6 Å². The van der Waals surface area contributed by atoms with Gasteiger partial charge in [-0.25, -0.2) is 9.59 Å². The van der Waals surface area contributed by atoms with Crippen LogP contribution in [0.5, 0.6) is 0 Å². The summed E-state index contributed by atoms with van der Waals surface area (Å²) in [7, 11) is 0. The van der Waals surface area contributed by atoms with Crippen LogP contribution in [0.15, 0.2) is 0 Å². The van der Waals surface area contributed by atoms with Crippen molar-refractivity contribution in [1.29, 1.82) is 0 Å². The molecule has 0 aromatic carbocycles. The van der Waals surface area contributed by atoms with Crippen molar-refractivity contribution in [3.05, 3.63) is 0 Å². The predicted octanol–water partition coefficient (Wildman–Crippen LogP) is 0.694. The largest absolute Gasteiger partial charge is 0.480 e. The molecule has 1 aliphatic carbocycles. The van der Waals surface area contributed by atoms with Gasteiger partial charge >= 0.3 is 12.0 Å². The van der Waals surface area contributed by atoms with Crippen LogP contribution in [-0.4, -0.2) is 52.6 Å². The molecular weight excluding hydrogens is 274 g/mol. The van der Waals surface area contributed by atoms with Crippen molar-refractivity contribution < 1.29 is 19.5 Å². The molecule has 0 aromatic rings. The Kier molecular flexibility index (Phi) is 4.69. The highest BCUT2D eigenvalue weighted by molar-refractivity contribution is 5.90. The molecule has 2 aliphatic rings. The number of nitrogens with one attached hydrogen (secondary N) is 2. The molecule has 2 rings (SSSR count). The number of rotatable bonds is 4. The highest BCUT2D eigenvalue weighted by atomic mass is 16.4. The SMILES string of the molecule is CC(NC(=O)NC1(C(=O)O)CCC1)C(=O)N1CCCCC1. The number of likely N-dealkylation sites (tertiary alicyclic amines) is 1. The Hall–Kier alpha value is -1.79. The Bertz CT molecular complexity index is 428. The molecule has 2 fully saturated rings. The average Bonchev–Trinajstić information content (AvgIpc) is 2.42. The quantitative estimate of drug-likeness (QED) is 0.711. The van der Waals surface area contributed by atoms with Gasteiger partial charge in [-0.15, -0.1) is 0 Å². The van der Waals surface area contributed by atoms with Crippen LogP contribution in [0.3, 0.4) is 0 Å². The van der Waals surface area contributed by atoms with Gasteiger partial charge in [0.2, 0.25) is 5.91 Å². The van der Waals surface area contributed by atoms with Gasteiger partial charge in [-0.3, -0.25) is 4.79 Å². The maximum Gasteiger partial charge on any atom is 0.329 e. The second kappa shape index (κ2) is 6.32. The summed E-state index contributed by atoms with van der Waals surface area (Å²) in [5, 5.41) is 14.2. The molecule has 1 unspecified atom stereocenters. The smallest absolute Gasteiger partial charge is 0.329 e. The highest BCUT2D eigenvalue weighted by Crippen LogP contribution is 2.31. The van der Waals surface area contributed by atoms with Gasteiger partial charge in [0.1, 0.15) is 11.6 Å². The van der Waals surface area contributed by atoms with E-state index in [0.717, 1.165) is 38.8 Å². The third kappa shape index (κ3) is 3.46. The van der Waals surface area contributed by atoms with Crippen molar-refractivity contribution in [2.24, 2.45) is 0 Å². The van der Waals surface area contributed by atoms with E-state index in [-0.39, 0.29) is 5.91 Å². The fraction of sp³-hybridized carbons (Fsp3) is 0.786. The number of hydrogen-bond acceptors (Lipinski definition) is 3. The summed E-state index contributed by atoms with van der Waals surface area (Å²) >= 11 is 0. The van der Waals surface area contributed by atoms with E-state index >= 15 is 0 Å². The number of carboxylic acids is 1. The molecule has 7 nitrogen and oxygen atoms in total. The lowest BCUT2D eigenvalue weighted by Gasteiger charge is -2.38. The average molecular weight is 297 g/mol. The van der Waals surface area contributed by atoms with Crippen molar-refractivity contribution in [3.8, 4) is 0 Å². The molecule has 1 saturated carbocycles. The van der Waals surface area contributed by atoms with Crippen LogP contribution >= 0.6 is 0 Å². The summed E-state index contributed by atoms with van der Waals surface area (Å²) in [6.07, 6.45) is 4.77. The van der Waals surface area contributed by atoms with E-state index in [4.69, 9.17) is 5.11 Å². The van der Waals surface area contributed by atoms with Crippen LogP contribution in [-0.2, 0) is 9.59 Å². The van der Waals surface area contributed by atoms with Gasteiger partial charge in [0, 0.05) is 13.1 Å². The van der Waals surface area contributed by atoms with Gasteiger partial charge in [0.25, 0.3) is 0 Å². The Morgan fingerprint density at radius 2 is 1.71 bits per heavy atom. The van der Waals surface area contributed by atoms with E-state index in [1.54, 1.807) is 11.8 Å². The molecule has 118 valence electrons. The number of piperidine rings is 1. The number of hydrogen-bond donors (Lipinski definition) is 3. The van der Waals surface area contributed by atoms with E-state index in [9.17, 15) is 14.4 Å². The number of aliphatic carboxylic acids is 1. The summed E-state index contributed by atoms with van der Waals surface area (Å²) in [5.74, 6) is -1.12. The molecular formula is C14H23N3O4. The Labute approximate surface area is 124 Å². The van der Waals surface area contributed by atoms with E-state index in [1.807, 2.05) is 0 Å². The van der Waals surface area contributed by atoms with Gasteiger partial charge in [0.15, 0.2) is 0 Å². The summed E-state index contributed by atoms with van der Waals surface area (Å²) in [6.45, 7) is 3.09. The van der Waals surface area contributed by atoms with Gasteiger partial charge in [0.05, 0.1) is 0 Å². The molecule has 0 spiro atoms. The summed E-state index contributed by atoms with van der Waals surface area (Å²) in [4.78, 5) is 37.0. The molecule has 1 saturated heterocycles. The van der Waals surface area contributed by atoms with Crippen LogP contribution < -0.4 is 10.6 Å². The lowest BCUT2D eigenvalue weighted by molar-refractivity contribution is -0.148. The molecule has 0 radical (unpaired) electrons. The zero-order chi connectivity index (χ0) is 15.5. The second-order valence-electron chi connectivity index (χ2n) is 5.95. The van der Waals surface area contributed by atoms with Crippen molar-refractivity contribution in [2.45, 2.75) is 57.0 Å². The number of carbonyl (C=O) groups excluding carboxylic acids is 2. The first kappa shape index (κ1) is 15.6. The second-order valence-corrected chi connectivity index (χ2v) is 5.95. The van der Waals surface area contributed by atoms with Gasteiger partial charge < -0.3 is 20.6 Å². The zero-order valence-electron chi connectivity index (χ0n) is 12.4. The van der Waals surface area contributed by atoms with Crippen molar-refractivity contribution in [2.75, 3.05) is 13.1 Å². The molecule has 21 heavy (non-hydrogen) atoms. The summed E-state index contributed by atoms with van der Waals surface area (Å²) in [6, 6.07) is -1.23. The molecule has 0 aromatic heterocycles. The first-order chi connectivity index (χ1) is 9.94. The fourth-order valence-electron chi connectivity index (χ4n) is 2.82. The van der Waals surface area contributed by atoms with Crippen LogP contribution in [0.4, 0.5) is 4.79 Å². The van der Waals surface area contributed by atoms with Crippen LogP contribution in [0.1, 0.15) is 45.4 Å². The summed E-state index contributed by atoms with van der Waals surface area (Å²) < 4.78 is 0. The van der Waals surface area contributed by atoms with Crippen molar-refractivity contribution in [3.63, 3.8) is 0 Å². The van der Waals surface area contributed by atoms with Crippen molar-refractivity contribution in [1.82, 2.24) is 15.5 Å². The monoisotopic (exact) mass is 297 g/mol. The van der Waals surface area contributed by atoms with E-state index < -0.39 is 23.6 Å². The third-order valence-electron chi connectivity index (χ3n) is 4.36. The highest BCUT2D eigenvalue weighted by Gasteiger charge is 2.46. The number of carboxylic acid groups (broad SMARTS) is 1. The van der Waals surface area contributed by atoms with E-state index in [0.29, 0.717) is 12.8 Å². The van der Waals surface area contributed by atoms with E-state index in [1.165, 1.54) is 0 Å². The van der Waals surface area contributed by atoms with Gasteiger partial charge in [-0.2, -0.15) is 0 Å². The number of nitrogens with zero attached hydrogens (tertiary/aromatic N) is 1. The first-order valence-corrected chi connectivity index (χ1v) is 7.55. The number of amides is 3. The summed E-state index contributed by atoms with van der Waals surface area (Å²) in [5.41, 5.74) is -1.15. The molecule has 1 heterocycles. The predicted molar refractivity (Wildman–Crippen MR) is 75.8 cm³/mol. The molecule has 1 atom stereocenters. The van der Waals surface area contributed by atoms with Gasteiger partial charge in [-0.1, -0.05) is 0 Å². The van der Waals surface area contributed by atoms with Crippen LogP contribution in [0.25, 0.3) is 0 Å². The normalized spacial score (nSPS) is 21.9. The number of urea groups is 1. The van der Waals surface area contributed by atoms with Crippen molar-refractivity contribution >= 4 is 17.9 Å². The molecule has 3 amide bonds. The molecule has 3 N–H and O–H groups in total. The van der Waals surface area contributed by atoms with Crippen LogP contribution in [0.2, 0.25) is 0 Å². The standard InChI is InChI=1S/C14H23N3O4/c1-10(11(18)17-8-3-2-4-9-17)15-13(21)16-14(12(19)20)6-5-7-14/h10H,2-9H2,1H3,(H,19,20)(H2,15,16,21). The zero-order valence-corrected chi connectivity index (χ0v) is 12.4. The Balaban J connectivity index is 1.84. The maximum absolute atomic E-state index is 12.2. The Morgan fingerprint density at radius 1 is 1.10 bits per heavy atom. The van der Waals surface area contributed by atoms with Gasteiger partial charge in [-0.05, 0) is 45.4 Å².